The van der Waals surface area contributed by atoms with Gasteiger partial charge in [-0.05, 0) is 60.8 Å². The summed E-state index contributed by atoms with van der Waals surface area (Å²) in [5.74, 6) is 0.407. The van der Waals surface area contributed by atoms with Gasteiger partial charge in [0.25, 0.3) is 0 Å². The van der Waals surface area contributed by atoms with Crippen LogP contribution >= 0.6 is 11.9 Å². The molecule has 1 aliphatic carbocycles. The molecular formula is C37H68N2O6S. The summed E-state index contributed by atoms with van der Waals surface area (Å²) in [6.45, 7) is 22.0. The Kier molecular flexibility index (Phi) is 22.3. The number of carbonyl (C=O) groups excluding carboxylic acids is 3. The molecule has 0 aromatic carbocycles. The fourth-order valence-corrected chi connectivity index (χ4v) is 6.89. The van der Waals surface area contributed by atoms with Crippen LogP contribution in [0.2, 0.25) is 0 Å². The fourth-order valence-electron chi connectivity index (χ4n) is 6.36. The normalized spacial score (nSPS) is 20.2. The number of Topliss-reactive ketones (excluding diaryl/α,β-unsaturated/α-hetero) is 3. The third-order valence-corrected chi connectivity index (χ3v) is 9.75. The van der Waals surface area contributed by atoms with Crippen molar-refractivity contribution in [2.45, 2.75) is 182 Å². The Bertz CT molecular complexity index is 925. The largest absolute Gasteiger partial charge is 0.392 e. The maximum absolute atomic E-state index is 12.6. The molecule has 1 unspecified atom stereocenters. The second-order valence-electron chi connectivity index (χ2n) is 14.8. The van der Waals surface area contributed by atoms with Crippen molar-refractivity contribution in [2.24, 2.45) is 28.3 Å². The summed E-state index contributed by atoms with van der Waals surface area (Å²) in [5.41, 5.74) is 0. The van der Waals surface area contributed by atoms with Gasteiger partial charge in [0.05, 0.1) is 23.0 Å². The van der Waals surface area contributed by atoms with Crippen molar-refractivity contribution in [1.82, 2.24) is 4.90 Å². The van der Waals surface area contributed by atoms with E-state index in [2.05, 4.69) is 44.1 Å². The molecule has 1 rings (SSSR count). The molecule has 9 heteroatoms. The number of nitroso groups, excluding NO2 is 1. The van der Waals surface area contributed by atoms with Gasteiger partial charge in [0, 0.05) is 65.1 Å². The van der Waals surface area contributed by atoms with Crippen LogP contribution in [0.5, 0.6) is 0 Å². The predicted molar refractivity (Wildman–Crippen MR) is 193 cm³/mol. The smallest absolute Gasteiger partial charge is 0.153 e. The van der Waals surface area contributed by atoms with E-state index in [-0.39, 0.29) is 59.8 Å². The third-order valence-electron chi connectivity index (χ3n) is 8.98. The first-order valence-electron chi connectivity index (χ1n) is 17.8. The van der Waals surface area contributed by atoms with Crippen LogP contribution < -0.4 is 0 Å². The summed E-state index contributed by atoms with van der Waals surface area (Å²) in [6.07, 6.45) is 12.1. The van der Waals surface area contributed by atoms with Crippen LogP contribution in [0.1, 0.15) is 147 Å². The molecule has 0 bridgehead atoms. The molecule has 268 valence electrons. The number of unbranched alkanes of at least 4 members (excludes halogenated alkanes) is 5. The van der Waals surface area contributed by atoms with Crippen molar-refractivity contribution in [3.8, 4) is 0 Å². The molecule has 2 N–H and O–H groups in total. The van der Waals surface area contributed by atoms with Gasteiger partial charge in [0.1, 0.15) is 11.6 Å². The van der Waals surface area contributed by atoms with Gasteiger partial charge in [-0.3, -0.25) is 19.3 Å². The van der Waals surface area contributed by atoms with Gasteiger partial charge >= 0.3 is 0 Å². The molecule has 1 fully saturated rings. The summed E-state index contributed by atoms with van der Waals surface area (Å²) in [4.78, 5) is 49.3. The quantitative estimate of drug-likeness (QED) is 0.0509. The molecule has 0 aromatic heterocycles. The van der Waals surface area contributed by atoms with Gasteiger partial charge in [-0.25, -0.2) is 0 Å². The molecule has 46 heavy (non-hydrogen) atoms. The van der Waals surface area contributed by atoms with Crippen molar-refractivity contribution in [2.75, 3.05) is 0 Å². The molecule has 1 saturated carbocycles. The predicted octanol–water partition coefficient (Wildman–Crippen LogP) is 8.51. The Morgan fingerprint density at radius 3 is 2.04 bits per heavy atom. The molecule has 0 amide bonds. The molecular weight excluding hydrogens is 600 g/mol. The first-order chi connectivity index (χ1) is 21.4. The van der Waals surface area contributed by atoms with Gasteiger partial charge < -0.3 is 10.2 Å². The second kappa shape index (κ2) is 23.0. The lowest BCUT2D eigenvalue weighted by Gasteiger charge is -2.44. The van der Waals surface area contributed by atoms with Gasteiger partial charge in [-0.2, -0.15) is 0 Å². The fraction of sp³-hybridized carbons (Fsp3) is 0.865. The number of carbonyl (C=O) groups is 3. The van der Waals surface area contributed by atoms with E-state index in [1.807, 2.05) is 47.6 Å². The van der Waals surface area contributed by atoms with Gasteiger partial charge in [0.2, 0.25) is 0 Å². The van der Waals surface area contributed by atoms with Crippen LogP contribution in [-0.2, 0) is 14.4 Å². The number of hydrogen-bond donors (Lipinski definition) is 2. The summed E-state index contributed by atoms with van der Waals surface area (Å²) in [7, 11) is 0. The van der Waals surface area contributed by atoms with E-state index in [9.17, 15) is 29.5 Å². The van der Waals surface area contributed by atoms with E-state index >= 15 is 0 Å². The van der Waals surface area contributed by atoms with E-state index in [4.69, 9.17) is 0 Å². The van der Waals surface area contributed by atoms with Crippen LogP contribution in [0.3, 0.4) is 0 Å². The highest BCUT2D eigenvalue weighted by atomic mass is 32.2. The Morgan fingerprint density at radius 1 is 0.957 bits per heavy atom. The van der Waals surface area contributed by atoms with Crippen molar-refractivity contribution >= 4 is 29.3 Å². The number of nitrogens with zero attached hydrogens (tertiary/aromatic N) is 2. The van der Waals surface area contributed by atoms with Crippen molar-refractivity contribution < 1.29 is 24.6 Å². The zero-order valence-corrected chi connectivity index (χ0v) is 31.8. The van der Waals surface area contributed by atoms with Crippen LogP contribution in [0.15, 0.2) is 16.7 Å². The Balaban J connectivity index is 0.000000939. The second-order valence-corrected chi connectivity index (χ2v) is 16.2. The Labute approximate surface area is 285 Å². The number of ketones is 3. The van der Waals surface area contributed by atoms with E-state index in [0.29, 0.717) is 12.2 Å². The van der Waals surface area contributed by atoms with Crippen LogP contribution in [0.4, 0.5) is 0 Å². The standard InChI is InChI=1S/C23H40O4.C14H28N2O2S/c1-4-5-8-11-18(24)14-15-20-19(22(26)16-23(20)27)12-9-6-7-10-13-21(25)17(2)3;1-9(2)12(17)13(14(7,8)19-15-18)16(10(3)4)11(5)6/h14-15,17-20,23-24,27H,4-13,16H2,1-3H3;9-11,13H,1-8H3/b15-14+;/t18-,19+,20+,23+;/m0./s1. The molecule has 0 heterocycles. The van der Waals surface area contributed by atoms with E-state index in [1.54, 1.807) is 6.08 Å². The van der Waals surface area contributed by atoms with Crippen molar-refractivity contribution in [3.63, 3.8) is 0 Å². The minimum absolute atomic E-state index is 0.0588. The van der Waals surface area contributed by atoms with Gasteiger partial charge in [-0.1, -0.05) is 85.3 Å². The molecule has 0 aliphatic heterocycles. The van der Waals surface area contributed by atoms with Crippen molar-refractivity contribution in [3.05, 3.63) is 17.1 Å². The maximum Gasteiger partial charge on any atom is 0.153 e. The summed E-state index contributed by atoms with van der Waals surface area (Å²) < 4.78 is 2.43. The van der Waals surface area contributed by atoms with Gasteiger partial charge in [0.15, 0.2) is 5.78 Å². The molecule has 1 aliphatic rings. The highest BCUT2D eigenvalue weighted by molar-refractivity contribution is 7.99. The molecule has 0 aromatic rings. The zero-order valence-electron chi connectivity index (χ0n) is 31.0. The van der Waals surface area contributed by atoms with Gasteiger partial charge in [-0.15, -0.1) is 4.91 Å². The lowest BCUT2D eigenvalue weighted by Crippen LogP contribution is -2.58. The molecule has 0 radical (unpaired) electrons. The first-order valence-corrected chi connectivity index (χ1v) is 18.6. The van der Waals surface area contributed by atoms with E-state index in [0.717, 1.165) is 69.7 Å². The average Bonchev–Trinajstić information content (AvgIpc) is 3.22. The lowest BCUT2D eigenvalue weighted by molar-refractivity contribution is -0.130. The van der Waals surface area contributed by atoms with Crippen LogP contribution in [0, 0.1) is 28.6 Å². The van der Waals surface area contributed by atoms with Crippen LogP contribution in [-0.4, -0.2) is 67.5 Å². The molecule has 0 saturated heterocycles. The topological polar surface area (TPSA) is 124 Å². The monoisotopic (exact) mass is 668 g/mol. The number of aliphatic hydroxyl groups is 2. The Hall–Kier alpha value is -1.42. The number of aliphatic hydroxyl groups excluding tert-OH is 2. The Morgan fingerprint density at radius 2 is 1.54 bits per heavy atom. The van der Waals surface area contributed by atoms with Crippen LogP contribution in [0.25, 0.3) is 0 Å². The van der Waals surface area contributed by atoms with Crippen molar-refractivity contribution in [1.29, 1.82) is 0 Å². The first kappa shape index (κ1) is 44.6. The molecule has 5 atom stereocenters. The number of hydrogen-bond acceptors (Lipinski definition) is 9. The highest BCUT2D eigenvalue weighted by Crippen LogP contribution is 2.36. The minimum atomic E-state index is -0.620. The summed E-state index contributed by atoms with van der Waals surface area (Å²) in [5, 5.41) is 20.3. The summed E-state index contributed by atoms with van der Waals surface area (Å²) in [6, 6.07) is 0.161. The summed E-state index contributed by atoms with van der Waals surface area (Å²) >= 11 is 0.957. The maximum atomic E-state index is 12.6. The number of rotatable bonds is 22. The minimum Gasteiger partial charge on any atom is -0.392 e. The lowest BCUT2D eigenvalue weighted by atomic mass is 9.88. The SMILES string of the molecule is CC(C)C(=O)C(N(C(C)C)C(C)C)C(C)(C)SN=O.CCCCC[C@H](O)/C=C/[C@H]1[C@H](O)CC(=O)[C@@H]1CCCCCCC(=O)C(C)C. The molecule has 8 nitrogen and oxygen atoms in total. The third kappa shape index (κ3) is 16.1. The molecule has 0 spiro atoms. The highest BCUT2D eigenvalue weighted by Gasteiger charge is 2.43. The zero-order chi connectivity index (χ0) is 35.6. The average molecular weight is 669 g/mol. The van der Waals surface area contributed by atoms with E-state index < -0.39 is 17.0 Å². The van der Waals surface area contributed by atoms with E-state index in [1.165, 1.54) is 0 Å².